The second kappa shape index (κ2) is 6.39. The lowest BCUT2D eigenvalue weighted by atomic mass is 10.1. The van der Waals surface area contributed by atoms with Crippen LogP contribution in [-0.4, -0.2) is 25.3 Å². The molecular formula is C14H22N2O2S. The van der Waals surface area contributed by atoms with E-state index in [1.165, 1.54) is 15.3 Å². The van der Waals surface area contributed by atoms with Crippen molar-refractivity contribution in [1.29, 1.82) is 0 Å². The fourth-order valence-corrected chi connectivity index (χ4v) is 3.45. The van der Waals surface area contributed by atoms with E-state index in [-0.39, 0.29) is 18.1 Å². The molecule has 4 nitrogen and oxygen atoms in total. The highest BCUT2D eigenvalue weighted by Crippen LogP contribution is 2.26. The molecule has 0 unspecified atom stereocenters. The summed E-state index contributed by atoms with van der Waals surface area (Å²) in [5, 5.41) is 6.03. The van der Waals surface area contributed by atoms with E-state index in [0.717, 1.165) is 26.1 Å². The van der Waals surface area contributed by atoms with Crippen LogP contribution in [0.4, 0.5) is 4.79 Å². The summed E-state index contributed by atoms with van der Waals surface area (Å²) < 4.78 is 5.28. The van der Waals surface area contributed by atoms with Crippen LogP contribution in [0.1, 0.15) is 41.1 Å². The number of aryl methyl sites for hydroxylation is 2. The third kappa shape index (κ3) is 3.94. The Morgan fingerprint density at radius 1 is 1.42 bits per heavy atom. The molecule has 1 aliphatic rings. The maximum atomic E-state index is 12.0. The predicted octanol–water partition coefficient (Wildman–Crippen LogP) is 2.90. The lowest BCUT2D eigenvalue weighted by Crippen LogP contribution is -2.45. The van der Waals surface area contributed by atoms with E-state index in [1.54, 1.807) is 11.3 Å². The number of urea groups is 1. The highest BCUT2D eigenvalue weighted by Gasteiger charge is 2.18. The SMILES string of the molecule is Cc1cc([C@H](C)NC(=O)NC2CCOCC2)c(C)s1. The smallest absolute Gasteiger partial charge is 0.315 e. The number of carbonyl (C=O) groups excluding carboxylic acids is 1. The van der Waals surface area contributed by atoms with Gasteiger partial charge < -0.3 is 15.4 Å². The molecule has 1 saturated heterocycles. The van der Waals surface area contributed by atoms with Crippen molar-refractivity contribution in [1.82, 2.24) is 10.6 Å². The Morgan fingerprint density at radius 2 is 2.11 bits per heavy atom. The molecule has 5 heteroatoms. The average molecular weight is 282 g/mol. The Morgan fingerprint density at radius 3 is 2.68 bits per heavy atom. The van der Waals surface area contributed by atoms with Gasteiger partial charge in [-0.05, 0) is 45.2 Å². The van der Waals surface area contributed by atoms with Crippen LogP contribution < -0.4 is 10.6 Å². The molecular weight excluding hydrogens is 260 g/mol. The highest BCUT2D eigenvalue weighted by molar-refractivity contribution is 7.12. The van der Waals surface area contributed by atoms with Crippen molar-refractivity contribution < 1.29 is 9.53 Å². The summed E-state index contributed by atoms with van der Waals surface area (Å²) in [5.74, 6) is 0. The first-order valence-corrected chi connectivity index (χ1v) is 7.59. The van der Waals surface area contributed by atoms with Crippen molar-refractivity contribution in [2.75, 3.05) is 13.2 Å². The second-order valence-electron chi connectivity index (χ2n) is 5.09. The van der Waals surface area contributed by atoms with Crippen molar-refractivity contribution in [3.63, 3.8) is 0 Å². The normalized spacial score (nSPS) is 18.1. The zero-order chi connectivity index (χ0) is 13.8. The van der Waals surface area contributed by atoms with Gasteiger partial charge in [-0.25, -0.2) is 4.79 Å². The molecule has 1 aliphatic heterocycles. The van der Waals surface area contributed by atoms with E-state index in [2.05, 4.69) is 30.5 Å². The minimum Gasteiger partial charge on any atom is -0.381 e. The van der Waals surface area contributed by atoms with Crippen LogP contribution in [0.5, 0.6) is 0 Å². The minimum atomic E-state index is -0.0809. The van der Waals surface area contributed by atoms with Crippen LogP contribution in [0.25, 0.3) is 0 Å². The van der Waals surface area contributed by atoms with Crippen LogP contribution >= 0.6 is 11.3 Å². The molecule has 19 heavy (non-hydrogen) atoms. The van der Waals surface area contributed by atoms with Gasteiger partial charge in [-0.15, -0.1) is 11.3 Å². The molecule has 1 aromatic heterocycles. The molecule has 2 heterocycles. The molecule has 1 atom stereocenters. The van der Waals surface area contributed by atoms with E-state index in [4.69, 9.17) is 4.74 Å². The third-order valence-corrected chi connectivity index (χ3v) is 4.43. The summed E-state index contributed by atoms with van der Waals surface area (Å²) in [6.07, 6.45) is 1.80. The molecule has 1 aromatic rings. The van der Waals surface area contributed by atoms with Crippen molar-refractivity contribution in [3.8, 4) is 0 Å². The summed E-state index contributed by atoms with van der Waals surface area (Å²) in [5.41, 5.74) is 1.21. The Bertz CT molecular complexity index is 439. The van der Waals surface area contributed by atoms with Crippen molar-refractivity contribution in [2.45, 2.75) is 45.7 Å². The standard InChI is InChI=1S/C14H22N2O2S/c1-9-8-13(11(3)19-9)10(2)15-14(17)16-12-4-6-18-7-5-12/h8,10,12H,4-7H2,1-3H3,(H2,15,16,17)/t10-/m0/s1. The van der Waals surface area contributed by atoms with Gasteiger partial charge in [0, 0.05) is 29.0 Å². The summed E-state index contributed by atoms with van der Waals surface area (Å²) in [7, 11) is 0. The first-order chi connectivity index (χ1) is 9.06. The van der Waals surface area contributed by atoms with E-state index in [1.807, 2.05) is 6.92 Å². The van der Waals surface area contributed by atoms with Gasteiger partial charge in [0.2, 0.25) is 0 Å². The minimum absolute atomic E-state index is 0.0461. The zero-order valence-electron chi connectivity index (χ0n) is 11.8. The van der Waals surface area contributed by atoms with E-state index < -0.39 is 0 Å². The molecule has 0 saturated carbocycles. The number of carbonyl (C=O) groups is 1. The van der Waals surface area contributed by atoms with Crippen molar-refractivity contribution in [2.24, 2.45) is 0 Å². The monoisotopic (exact) mass is 282 g/mol. The number of amides is 2. The number of rotatable bonds is 3. The molecule has 0 aliphatic carbocycles. The molecule has 0 radical (unpaired) electrons. The van der Waals surface area contributed by atoms with Gasteiger partial charge in [0.25, 0.3) is 0 Å². The molecule has 0 bridgehead atoms. The fourth-order valence-electron chi connectivity index (χ4n) is 2.42. The number of hydrogen-bond donors (Lipinski definition) is 2. The van der Waals surface area contributed by atoms with Gasteiger partial charge in [0.05, 0.1) is 6.04 Å². The number of thiophene rings is 1. The van der Waals surface area contributed by atoms with E-state index in [9.17, 15) is 4.79 Å². The second-order valence-corrected chi connectivity index (χ2v) is 6.56. The lowest BCUT2D eigenvalue weighted by Gasteiger charge is -2.24. The Balaban J connectivity index is 1.86. The lowest BCUT2D eigenvalue weighted by molar-refractivity contribution is 0.0800. The zero-order valence-corrected chi connectivity index (χ0v) is 12.6. The van der Waals surface area contributed by atoms with Crippen LogP contribution in [0.2, 0.25) is 0 Å². The van der Waals surface area contributed by atoms with Crippen molar-refractivity contribution >= 4 is 17.4 Å². The Hall–Kier alpha value is -1.07. The fraction of sp³-hybridized carbons (Fsp3) is 0.643. The highest BCUT2D eigenvalue weighted by atomic mass is 32.1. The molecule has 0 spiro atoms. The maximum absolute atomic E-state index is 12.0. The first kappa shape index (κ1) is 14.3. The summed E-state index contributed by atoms with van der Waals surface area (Å²) in [6.45, 7) is 7.70. The number of hydrogen-bond acceptors (Lipinski definition) is 3. The topological polar surface area (TPSA) is 50.4 Å². The molecule has 0 aromatic carbocycles. The summed E-state index contributed by atoms with van der Waals surface area (Å²) in [4.78, 5) is 14.5. The molecule has 2 rings (SSSR count). The van der Waals surface area contributed by atoms with Gasteiger partial charge in [0.15, 0.2) is 0 Å². The van der Waals surface area contributed by atoms with E-state index >= 15 is 0 Å². The van der Waals surface area contributed by atoms with Gasteiger partial charge in [0.1, 0.15) is 0 Å². The van der Waals surface area contributed by atoms with Crippen LogP contribution in [0.3, 0.4) is 0 Å². The quantitative estimate of drug-likeness (QED) is 0.895. The maximum Gasteiger partial charge on any atom is 0.315 e. The average Bonchev–Trinajstić information content (AvgIpc) is 2.69. The van der Waals surface area contributed by atoms with Crippen LogP contribution in [0.15, 0.2) is 6.07 Å². The Kier molecular flexibility index (Phi) is 4.82. The molecule has 2 amide bonds. The van der Waals surface area contributed by atoms with Gasteiger partial charge in [-0.1, -0.05) is 0 Å². The number of ether oxygens (including phenoxy) is 1. The summed E-state index contributed by atoms with van der Waals surface area (Å²) in [6, 6.07) is 2.36. The van der Waals surface area contributed by atoms with Crippen LogP contribution in [-0.2, 0) is 4.74 Å². The molecule has 1 fully saturated rings. The summed E-state index contributed by atoms with van der Waals surface area (Å²) >= 11 is 1.77. The van der Waals surface area contributed by atoms with Gasteiger partial charge in [-0.2, -0.15) is 0 Å². The molecule has 2 N–H and O–H groups in total. The van der Waals surface area contributed by atoms with Gasteiger partial charge >= 0.3 is 6.03 Å². The first-order valence-electron chi connectivity index (χ1n) is 6.78. The largest absolute Gasteiger partial charge is 0.381 e. The van der Waals surface area contributed by atoms with Crippen molar-refractivity contribution in [3.05, 3.63) is 21.4 Å². The predicted molar refractivity (Wildman–Crippen MR) is 77.7 cm³/mol. The molecule has 106 valence electrons. The Labute approximate surface area is 118 Å². The van der Waals surface area contributed by atoms with E-state index in [0.29, 0.717) is 0 Å². The number of nitrogens with one attached hydrogen (secondary N) is 2. The van der Waals surface area contributed by atoms with Gasteiger partial charge in [-0.3, -0.25) is 0 Å². The van der Waals surface area contributed by atoms with Crippen LogP contribution in [0, 0.1) is 13.8 Å². The third-order valence-electron chi connectivity index (χ3n) is 3.45.